The lowest BCUT2D eigenvalue weighted by Crippen LogP contribution is -2.37. The van der Waals surface area contributed by atoms with Crippen molar-refractivity contribution >= 4 is 5.82 Å². The van der Waals surface area contributed by atoms with E-state index < -0.39 is 0 Å². The molecule has 2 aliphatic rings. The molecule has 4 nitrogen and oxygen atoms in total. The van der Waals surface area contributed by atoms with Crippen LogP contribution in [0.3, 0.4) is 0 Å². The Morgan fingerprint density at radius 3 is 2.57 bits per heavy atom. The molecule has 0 atom stereocenters. The van der Waals surface area contributed by atoms with E-state index in [2.05, 4.69) is 36.1 Å². The first kappa shape index (κ1) is 14.8. The number of aromatic nitrogens is 2. The summed E-state index contributed by atoms with van der Waals surface area (Å²) in [5, 5.41) is 3.51. The molecule has 4 heteroatoms. The van der Waals surface area contributed by atoms with Crippen LogP contribution in [0.5, 0.6) is 0 Å². The molecular formula is C17H28N4. The second-order valence-corrected chi connectivity index (χ2v) is 7.53. The zero-order chi connectivity index (χ0) is 14.9. The monoisotopic (exact) mass is 288 g/mol. The number of rotatable bonds is 5. The van der Waals surface area contributed by atoms with Gasteiger partial charge in [-0.05, 0) is 43.9 Å². The van der Waals surface area contributed by atoms with E-state index >= 15 is 0 Å². The molecular weight excluding hydrogens is 260 g/mol. The zero-order valence-electron chi connectivity index (χ0n) is 13.6. The molecule has 1 N–H and O–H groups in total. The molecule has 0 aromatic carbocycles. The molecule has 0 bridgehead atoms. The van der Waals surface area contributed by atoms with Gasteiger partial charge in [0.1, 0.15) is 5.82 Å². The lowest BCUT2D eigenvalue weighted by Gasteiger charge is -2.39. The van der Waals surface area contributed by atoms with Gasteiger partial charge in [0.15, 0.2) is 0 Å². The summed E-state index contributed by atoms with van der Waals surface area (Å²) in [5.41, 5.74) is 1.57. The van der Waals surface area contributed by atoms with Crippen LogP contribution in [-0.4, -0.2) is 29.1 Å². The van der Waals surface area contributed by atoms with Gasteiger partial charge < -0.3 is 10.2 Å². The maximum atomic E-state index is 4.78. The molecule has 116 valence electrons. The molecule has 2 saturated carbocycles. The van der Waals surface area contributed by atoms with Crippen molar-refractivity contribution in [2.45, 2.75) is 71.0 Å². The maximum Gasteiger partial charge on any atom is 0.147 e. The Kier molecular flexibility index (Phi) is 4.16. The topological polar surface area (TPSA) is 41.1 Å². The molecule has 2 fully saturated rings. The van der Waals surface area contributed by atoms with Gasteiger partial charge in [0, 0.05) is 31.9 Å². The van der Waals surface area contributed by atoms with Crippen molar-refractivity contribution < 1.29 is 0 Å². The predicted octanol–water partition coefficient (Wildman–Crippen LogP) is 3.13. The summed E-state index contributed by atoms with van der Waals surface area (Å²) in [4.78, 5) is 11.5. The molecule has 2 aliphatic carbocycles. The van der Waals surface area contributed by atoms with Gasteiger partial charge in [0.2, 0.25) is 0 Å². The number of hydrogen-bond acceptors (Lipinski definition) is 4. The first-order valence-corrected chi connectivity index (χ1v) is 8.31. The minimum atomic E-state index is 0.513. The minimum Gasteiger partial charge on any atom is -0.355 e. The first-order valence-electron chi connectivity index (χ1n) is 8.31. The van der Waals surface area contributed by atoms with E-state index in [-0.39, 0.29) is 0 Å². The highest BCUT2D eigenvalue weighted by atomic mass is 15.2. The molecule has 1 aromatic rings. The van der Waals surface area contributed by atoms with Crippen molar-refractivity contribution in [2.75, 3.05) is 11.9 Å². The van der Waals surface area contributed by atoms with Crippen LogP contribution in [0.15, 0.2) is 12.4 Å². The molecule has 1 aromatic heterocycles. The third-order valence-electron chi connectivity index (χ3n) is 5.04. The van der Waals surface area contributed by atoms with Crippen molar-refractivity contribution in [1.82, 2.24) is 15.3 Å². The van der Waals surface area contributed by atoms with Crippen LogP contribution in [0, 0.1) is 5.41 Å². The third-order valence-corrected chi connectivity index (χ3v) is 5.04. The van der Waals surface area contributed by atoms with Crippen LogP contribution in [0.2, 0.25) is 0 Å². The summed E-state index contributed by atoms with van der Waals surface area (Å²) >= 11 is 0. The Bertz CT molecular complexity index is 471. The van der Waals surface area contributed by atoms with Gasteiger partial charge in [-0.1, -0.05) is 13.8 Å². The van der Waals surface area contributed by atoms with Crippen molar-refractivity contribution in [3.8, 4) is 0 Å². The van der Waals surface area contributed by atoms with Gasteiger partial charge in [-0.3, -0.25) is 4.98 Å². The highest BCUT2D eigenvalue weighted by Crippen LogP contribution is 2.37. The second-order valence-electron chi connectivity index (χ2n) is 7.53. The van der Waals surface area contributed by atoms with E-state index in [1.807, 2.05) is 12.4 Å². The largest absolute Gasteiger partial charge is 0.355 e. The lowest BCUT2D eigenvalue weighted by atomic mass is 9.75. The fourth-order valence-corrected chi connectivity index (χ4v) is 3.14. The number of anilines is 1. The molecule has 0 radical (unpaired) electrons. The Morgan fingerprint density at radius 2 is 1.90 bits per heavy atom. The van der Waals surface area contributed by atoms with E-state index in [4.69, 9.17) is 4.98 Å². The summed E-state index contributed by atoms with van der Waals surface area (Å²) in [5.74, 6) is 1.02. The summed E-state index contributed by atoms with van der Waals surface area (Å²) in [7, 11) is 2.17. The molecule has 1 heterocycles. The standard InChI is InChI=1S/C17H28N4/c1-17(2)8-6-15(7-9-17)21(3)16-12-18-10-14(20-16)11-19-13-4-5-13/h10,12-13,15,19H,4-9,11H2,1-3H3. The molecule has 0 saturated heterocycles. The zero-order valence-corrected chi connectivity index (χ0v) is 13.6. The van der Waals surface area contributed by atoms with Gasteiger partial charge in [0.25, 0.3) is 0 Å². The molecule has 21 heavy (non-hydrogen) atoms. The smallest absolute Gasteiger partial charge is 0.147 e. The highest BCUT2D eigenvalue weighted by Gasteiger charge is 2.29. The van der Waals surface area contributed by atoms with Crippen molar-refractivity contribution in [2.24, 2.45) is 5.41 Å². The van der Waals surface area contributed by atoms with Crippen molar-refractivity contribution in [1.29, 1.82) is 0 Å². The first-order chi connectivity index (χ1) is 10.0. The van der Waals surface area contributed by atoms with Crippen LogP contribution in [-0.2, 0) is 6.54 Å². The van der Waals surface area contributed by atoms with E-state index in [9.17, 15) is 0 Å². The van der Waals surface area contributed by atoms with Crippen LogP contribution in [0.25, 0.3) is 0 Å². The average Bonchev–Trinajstić information content (AvgIpc) is 3.29. The Morgan fingerprint density at radius 1 is 1.19 bits per heavy atom. The fourth-order valence-electron chi connectivity index (χ4n) is 3.14. The van der Waals surface area contributed by atoms with Crippen LogP contribution in [0.4, 0.5) is 5.82 Å². The van der Waals surface area contributed by atoms with Gasteiger partial charge in [0.05, 0.1) is 11.9 Å². The molecule has 3 rings (SSSR count). The SMILES string of the molecule is CN(c1cncc(CNC2CC2)n1)C1CCC(C)(C)CC1. The summed E-state index contributed by atoms with van der Waals surface area (Å²) < 4.78 is 0. The maximum absolute atomic E-state index is 4.78. The van der Waals surface area contributed by atoms with Gasteiger partial charge >= 0.3 is 0 Å². The molecule has 0 amide bonds. The minimum absolute atomic E-state index is 0.513. The van der Waals surface area contributed by atoms with Gasteiger partial charge in [-0.25, -0.2) is 4.98 Å². The summed E-state index contributed by atoms with van der Waals surface area (Å²) in [6.45, 7) is 5.61. The third kappa shape index (κ3) is 3.94. The highest BCUT2D eigenvalue weighted by molar-refractivity contribution is 5.36. The number of hydrogen-bond donors (Lipinski definition) is 1. The fraction of sp³-hybridized carbons (Fsp3) is 0.765. The average molecular weight is 288 g/mol. The quantitative estimate of drug-likeness (QED) is 0.904. The van der Waals surface area contributed by atoms with E-state index in [0.29, 0.717) is 17.5 Å². The van der Waals surface area contributed by atoms with Crippen LogP contribution in [0.1, 0.15) is 58.1 Å². The lowest BCUT2D eigenvalue weighted by molar-refractivity contribution is 0.222. The molecule has 0 aliphatic heterocycles. The van der Waals surface area contributed by atoms with Crippen molar-refractivity contribution in [3.63, 3.8) is 0 Å². The van der Waals surface area contributed by atoms with Crippen molar-refractivity contribution in [3.05, 3.63) is 18.1 Å². The summed E-state index contributed by atoms with van der Waals surface area (Å²) in [6.07, 6.45) is 11.5. The Balaban J connectivity index is 1.60. The van der Waals surface area contributed by atoms with Gasteiger partial charge in [-0.15, -0.1) is 0 Å². The second kappa shape index (κ2) is 5.91. The normalized spacial score (nSPS) is 22.2. The van der Waals surface area contributed by atoms with E-state index in [1.54, 1.807) is 0 Å². The Hall–Kier alpha value is -1.16. The predicted molar refractivity (Wildman–Crippen MR) is 86.3 cm³/mol. The van der Waals surface area contributed by atoms with Crippen LogP contribution < -0.4 is 10.2 Å². The number of nitrogens with zero attached hydrogens (tertiary/aromatic N) is 3. The Labute approximate surface area is 128 Å². The van der Waals surface area contributed by atoms with Crippen LogP contribution >= 0.6 is 0 Å². The number of nitrogens with one attached hydrogen (secondary N) is 1. The van der Waals surface area contributed by atoms with Gasteiger partial charge in [-0.2, -0.15) is 0 Å². The summed E-state index contributed by atoms with van der Waals surface area (Å²) in [6, 6.07) is 1.33. The molecule has 0 unspecified atom stereocenters. The molecule has 0 spiro atoms. The van der Waals surface area contributed by atoms with E-state index in [0.717, 1.165) is 18.1 Å². The van der Waals surface area contributed by atoms with E-state index in [1.165, 1.54) is 38.5 Å².